The Morgan fingerprint density at radius 3 is 2.32 bits per heavy atom. The average molecular weight is 370 g/mol. The molecule has 0 amide bonds. The van der Waals surface area contributed by atoms with Crippen LogP contribution >= 0.6 is 0 Å². The monoisotopic (exact) mass is 370 g/mol. The molecule has 28 heavy (non-hydrogen) atoms. The highest BCUT2D eigenvalue weighted by Gasteiger charge is 2.04. The van der Waals surface area contributed by atoms with Crippen LogP contribution < -0.4 is 0 Å². The van der Waals surface area contributed by atoms with Crippen molar-refractivity contribution in [3.05, 3.63) is 102 Å². The van der Waals surface area contributed by atoms with E-state index in [1.807, 2.05) is 24.3 Å². The van der Waals surface area contributed by atoms with E-state index >= 15 is 0 Å². The van der Waals surface area contributed by atoms with Gasteiger partial charge < -0.3 is 5.11 Å². The molecule has 4 rings (SSSR count). The van der Waals surface area contributed by atoms with Crippen LogP contribution in [0.15, 0.2) is 84.9 Å². The molecular weight excluding hydrogens is 347 g/mol. The van der Waals surface area contributed by atoms with E-state index in [0.717, 1.165) is 42.2 Å². The van der Waals surface area contributed by atoms with E-state index in [4.69, 9.17) is 0 Å². The van der Waals surface area contributed by atoms with Gasteiger partial charge in [-0.05, 0) is 83.0 Å². The largest absolute Gasteiger partial charge is 0.508 e. The van der Waals surface area contributed by atoms with Gasteiger partial charge in [0.25, 0.3) is 0 Å². The molecule has 0 aliphatic heterocycles. The number of halogens is 1. The van der Waals surface area contributed by atoms with Gasteiger partial charge in [0.15, 0.2) is 0 Å². The Balaban J connectivity index is 1.39. The second kappa shape index (κ2) is 8.26. The number of fused-ring (bicyclic) bond motifs is 1. The summed E-state index contributed by atoms with van der Waals surface area (Å²) in [6.07, 6.45) is 4.21. The second-order valence-corrected chi connectivity index (χ2v) is 7.24. The van der Waals surface area contributed by atoms with Crippen LogP contribution in [0.4, 0.5) is 4.39 Å². The van der Waals surface area contributed by atoms with Gasteiger partial charge >= 0.3 is 0 Å². The van der Waals surface area contributed by atoms with Crippen molar-refractivity contribution in [1.29, 1.82) is 0 Å². The highest BCUT2D eigenvalue weighted by Crippen LogP contribution is 2.25. The molecule has 0 atom stereocenters. The molecule has 1 N–H and O–H groups in total. The third kappa shape index (κ3) is 4.23. The lowest BCUT2D eigenvalue weighted by atomic mass is 9.97. The van der Waals surface area contributed by atoms with Gasteiger partial charge in [-0.15, -0.1) is 0 Å². The average Bonchev–Trinajstić information content (AvgIpc) is 2.72. The zero-order chi connectivity index (χ0) is 19.3. The summed E-state index contributed by atoms with van der Waals surface area (Å²) in [6.45, 7) is 0. The summed E-state index contributed by atoms with van der Waals surface area (Å²) in [6, 6.07) is 27.0. The highest BCUT2D eigenvalue weighted by atomic mass is 19.1. The number of unbranched alkanes of at least 4 members (excludes halogenated alkanes) is 1. The number of phenols is 1. The van der Waals surface area contributed by atoms with E-state index in [1.165, 1.54) is 28.6 Å². The lowest BCUT2D eigenvalue weighted by Crippen LogP contribution is -1.91. The molecule has 1 nitrogen and oxygen atoms in total. The van der Waals surface area contributed by atoms with E-state index in [0.29, 0.717) is 5.75 Å². The Morgan fingerprint density at radius 1 is 0.679 bits per heavy atom. The fourth-order valence-electron chi connectivity index (χ4n) is 3.74. The van der Waals surface area contributed by atoms with Gasteiger partial charge in [-0.1, -0.05) is 60.7 Å². The standard InChI is InChI=1S/C26H23FO/c27-24-14-11-20(12-15-24)23-10-3-6-19(17-23)5-1-2-7-21-8-4-9-22-13-16-25(28)18-26(21)22/h3-4,6,8-18,28H,1-2,5,7H2. The van der Waals surface area contributed by atoms with Crippen LogP contribution in [0.2, 0.25) is 0 Å². The third-order valence-electron chi connectivity index (χ3n) is 5.22. The van der Waals surface area contributed by atoms with Gasteiger partial charge in [0.1, 0.15) is 11.6 Å². The number of hydrogen-bond acceptors (Lipinski definition) is 1. The molecule has 0 fully saturated rings. The number of phenolic OH excluding ortho intramolecular Hbond substituents is 1. The first-order valence-electron chi connectivity index (χ1n) is 9.74. The quantitative estimate of drug-likeness (QED) is 0.365. The number of hydrogen-bond donors (Lipinski definition) is 1. The summed E-state index contributed by atoms with van der Waals surface area (Å²) < 4.78 is 13.1. The zero-order valence-electron chi connectivity index (χ0n) is 15.7. The van der Waals surface area contributed by atoms with E-state index in [9.17, 15) is 9.50 Å². The second-order valence-electron chi connectivity index (χ2n) is 7.24. The van der Waals surface area contributed by atoms with Crippen molar-refractivity contribution >= 4 is 10.8 Å². The number of rotatable bonds is 6. The predicted molar refractivity (Wildman–Crippen MR) is 114 cm³/mol. The Labute approximate surface area is 165 Å². The van der Waals surface area contributed by atoms with Crippen LogP contribution in [0.1, 0.15) is 24.0 Å². The van der Waals surface area contributed by atoms with E-state index in [1.54, 1.807) is 6.07 Å². The van der Waals surface area contributed by atoms with Crippen LogP contribution in [0.25, 0.3) is 21.9 Å². The number of aryl methyl sites for hydroxylation is 2. The molecule has 0 saturated carbocycles. The maximum absolute atomic E-state index is 13.1. The van der Waals surface area contributed by atoms with Gasteiger partial charge in [-0.3, -0.25) is 0 Å². The Bertz CT molecular complexity index is 1080. The normalized spacial score (nSPS) is 11.0. The lowest BCUT2D eigenvalue weighted by Gasteiger charge is -2.08. The topological polar surface area (TPSA) is 20.2 Å². The zero-order valence-corrected chi connectivity index (χ0v) is 15.7. The molecule has 0 spiro atoms. The smallest absolute Gasteiger partial charge is 0.123 e. The van der Waals surface area contributed by atoms with Crippen molar-refractivity contribution in [2.24, 2.45) is 0 Å². The molecule has 0 aromatic heterocycles. The Morgan fingerprint density at radius 2 is 1.46 bits per heavy atom. The molecule has 0 bridgehead atoms. The summed E-state index contributed by atoms with van der Waals surface area (Å²) in [5.41, 5.74) is 4.76. The van der Waals surface area contributed by atoms with E-state index in [-0.39, 0.29) is 5.82 Å². The minimum absolute atomic E-state index is 0.207. The highest BCUT2D eigenvalue weighted by molar-refractivity contribution is 5.87. The molecule has 0 unspecified atom stereocenters. The molecule has 0 saturated heterocycles. The number of aromatic hydroxyl groups is 1. The first-order valence-corrected chi connectivity index (χ1v) is 9.74. The minimum atomic E-state index is -0.207. The van der Waals surface area contributed by atoms with Crippen molar-refractivity contribution in [2.45, 2.75) is 25.7 Å². The number of benzene rings is 4. The molecule has 0 radical (unpaired) electrons. The van der Waals surface area contributed by atoms with Crippen LogP contribution in [-0.2, 0) is 12.8 Å². The van der Waals surface area contributed by atoms with Gasteiger partial charge in [0.05, 0.1) is 0 Å². The maximum atomic E-state index is 13.1. The summed E-state index contributed by atoms with van der Waals surface area (Å²) in [5.74, 6) is 0.110. The predicted octanol–water partition coefficient (Wildman–Crippen LogP) is 6.92. The summed E-state index contributed by atoms with van der Waals surface area (Å²) in [5, 5.41) is 12.1. The summed E-state index contributed by atoms with van der Waals surface area (Å²) in [7, 11) is 0. The first-order chi connectivity index (χ1) is 13.7. The Hall–Kier alpha value is -3.13. The van der Waals surface area contributed by atoms with Crippen LogP contribution in [0.3, 0.4) is 0 Å². The van der Waals surface area contributed by atoms with Crippen molar-refractivity contribution in [1.82, 2.24) is 0 Å². The lowest BCUT2D eigenvalue weighted by molar-refractivity contribution is 0.476. The summed E-state index contributed by atoms with van der Waals surface area (Å²) in [4.78, 5) is 0. The fraction of sp³-hybridized carbons (Fsp3) is 0.154. The molecule has 4 aromatic carbocycles. The Kier molecular flexibility index (Phi) is 5.38. The SMILES string of the molecule is Oc1ccc2cccc(CCCCc3cccc(-c4ccc(F)cc4)c3)c2c1. The molecule has 140 valence electrons. The maximum Gasteiger partial charge on any atom is 0.123 e. The summed E-state index contributed by atoms with van der Waals surface area (Å²) >= 11 is 0. The van der Waals surface area contributed by atoms with Crippen LogP contribution in [0.5, 0.6) is 5.75 Å². The van der Waals surface area contributed by atoms with Gasteiger partial charge in [-0.2, -0.15) is 0 Å². The third-order valence-corrected chi connectivity index (χ3v) is 5.22. The molecule has 2 heteroatoms. The van der Waals surface area contributed by atoms with E-state index < -0.39 is 0 Å². The van der Waals surface area contributed by atoms with Crippen molar-refractivity contribution in [3.8, 4) is 16.9 Å². The van der Waals surface area contributed by atoms with Crippen LogP contribution in [0, 0.1) is 5.82 Å². The van der Waals surface area contributed by atoms with Crippen LogP contribution in [-0.4, -0.2) is 5.11 Å². The molecule has 0 heterocycles. The molecule has 0 aliphatic carbocycles. The molecule has 4 aromatic rings. The minimum Gasteiger partial charge on any atom is -0.508 e. The van der Waals surface area contributed by atoms with Gasteiger partial charge in [0, 0.05) is 0 Å². The fourth-order valence-corrected chi connectivity index (χ4v) is 3.74. The van der Waals surface area contributed by atoms with Gasteiger partial charge in [0.2, 0.25) is 0 Å². The van der Waals surface area contributed by atoms with Crippen molar-refractivity contribution < 1.29 is 9.50 Å². The van der Waals surface area contributed by atoms with Crippen molar-refractivity contribution in [2.75, 3.05) is 0 Å². The molecular formula is C26H23FO. The first kappa shape index (κ1) is 18.2. The molecule has 0 aliphatic rings. The van der Waals surface area contributed by atoms with Crippen molar-refractivity contribution in [3.63, 3.8) is 0 Å². The van der Waals surface area contributed by atoms with Gasteiger partial charge in [-0.25, -0.2) is 4.39 Å². The van der Waals surface area contributed by atoms with E-state index in [2.05, 4.69) is 42.5 Å².